The fourth-order valence-electron chi connectivity index (χ4n) is 1.88. The lowest BCUT2D eigenvalue weighted by atomic mass is 10.4. The molecule has 0 saturated carbocycles. The fourth-order valence-corrected chi connectivity index (χ4v) is 3.58. The van der Waals surface area contributed by atoms with Crippen molar-refractivity contribution < 1.29 is 13.3 Å². The van der Waals surface area contributed by atoms with Gasteiger partial charge in [0.15, 0.2) is 0 Å². The Hall–Kier alpha value is -0.693. The molecule has 1 aromatic rings. The molecule has 1 aromatic heterocycles. The monoisotopic (exact) mass is 258 g/mol. The van der Waals surface area contributed by atoms with Crippen molar-refractivity contribution in [3.05, 3.63) is 18.2 Å². The summed E-state index contributed by atoms with van der Waals surface area (Å²) in [5, 5.41) is 0. The maximum Gasteiger partial charge on any atom is 0.500 e. The summed E-state index contributed by atoms with van der Waals surface area (Å²) in [6, 6.07) is 0.817. The summed E-state index contributed by atoms with van der Waals surface area (Å²) >= 11 is 0. The van der Waals surface area contributed by atoms with E-state index in [9.17, 15) is 0 Å². The molecule has 1 rings (SSSR count). The van der Waals surface area contributed by atoms with Gasteiger partial charge in [0.05, 0.1) is 0 Å². The second-order valence-electron chi connectivity index (χ2n) is 3.79. The minimum atomic E-state index is -2.41. The zero-order chi connectivity index (χ0) is 12.7. The van der Waals surface area contributed by atoms with Gasteiger partial charge in [0.2, 0.25) is 0 Å². The molecule has 0 radical (unpaired) electrons. The number of hydrogen-bond donors (Lipinski definition) is 0. The predicted molar refractivity (Wildman–Crippen MR) is 67.8 cm³/mol. The molecule has 0 aliphatic rings. The molecule has 5 nitrogen and oxygen atoms in total. The van der Waals surface area contributed by atoms with Crippen LogP contribution in [0.15, 0.2) is 12.4 Å². The van der Waals surface area contributed by atoms with Gasteiger partial charge in [-0.05, 0) is 6.42 Å². The first kappa shape index (κ1) is 14.4. The smallest absolute Gasteiger partial charge is 0.377 e. The first-order valence-electron chi connectivity index (χ1n) is 5.86. The minimum absolute atomic E-state index is 0.817. The van der Waals surface area contributed by atoms with Crippen LogP contribution in [0.2, 0.25) is 6.04 Å². The molecule has 17 heavy (non-hydrogen) atoms. The van der Waals surface area contributed by atoms with Crippen LogP contribution in [-0.2, 0) is 26.2 Å². The Morgan fingerprint density at radius 1 is 1.24 bits per heavy atom. The molecule has 0 unspecified atom stereocenters. The molecule has 0 N–H and O–H groups in total. The van der Waals surface area contributed by atoms with Crippen molar-refractivity contribution in [3.8, 4) is 0 Å². The molecule has 0 aliphatic carbocycles. The highest BCUT2D eigenvalue weighted by Crippen LogP contribution is 2.16. The summed E-state index contributed by atoms with van der Waals surface area (Å²) in [6.45, 7) is 3.03. The summed E-state index contributed by atoms with van der Waals surface area (Å²) < 4.78 is 18.3. The highest BCUT2D eigenvalue weighted by atomic mass is 28.4. The van der Waals surface area contributed by atoms with E-state index >= 15 is 0 Å². The average Bonchev–Trinajstić information content (AvgIpc) is 2.83. The van der Waals surface area contributed by atoms with Gasteiger partial charge in [-0.2, -0.15) is 0 Å². The Bertz CT molecular complexity index is 318. The highest BCUT2D eigenvalue weighted by Gasteiger charge is 2.36. The molecule has 1 heterocycles. The Balaban J connectivity index is 2.46. The summed E-state index contributed by atoms with van der Waals surface area (Å²) in [6.07, 6.45) is 5.76. The van der Waals surface area contributed by atoms with Gasteiger partial charge in [-0.15, -0.1) is 0 Å². The fraction of sp³-hybridized carbons (Fsp3) is 0.727. The van der Waals surface area contributed by atoms with Crippen molar-refractivity contribution in [1.82, 2.24) is 9.55 Å². The van der Waals surface area contributed by atoms with E-state index in [1.807, 2.05) is 12.4 Å². The number of rotatable bonds is 8. The van der Waals surface area contributed by atoms with E-state index in [1.165, 1.54) is 0 Å². The summed E-state index contributed by atoms with van der Waals surface area (Å²) in [5.41, 5.74) is 0. The number of aromatic nitrogens is 2. The average molecular weight is 258 g/mol. The van der Waals surface area contributed by atoms with Crippen molar-refractivity contribution in [2.45, 2.75) is 32.4 Å². The second kappa shape index (κ2) is 6.90. The lowest BCUT2D eigenvalue weighted by molar-refractivity contribution is 0.122. The molecule has 0 spiro atoms. The zero-order valence-electron chi connectivity index (χ0n) is 11.1. The van der Waals surface area contributed by atoms with Crippen molar-refractivity contribution in [3.63, 3.8) is 0 Å². The summed E-state index contributed by atoms with van der Waals surface area (Å²) in [7, 11) is 2.53. The first-order valence-corrected chi connectivity index (χ1v) is 7.80. The maximum atomic E-state index is 5.38. The largest absolute Gasteiger partial charge is 0.500 e. The number of hydrogen-bond acceptors (Lipinski definition) is 4. The summed E-state index contributed by atoms with van der Waals surface area (Å²) in [5.74, 6) is 1.12. The van der Waals surface area contributed by atoms with Crippen molar-refractivity contribution in [2.75, 3.05) is 21.3 Å². The molecule has 0 fully saturated rings. The molecular formula is C11H22N2O3Si. The van der Waals surface area contributed by atoms with E-state index in [1.54, 1.807) is 21.3 Å². The molecule has 0 amide bonds. The maximum absolute atomic E-state index is 5.38. The molecule has 0 aliphatic heterocycles. The van der Waals surface area contributed by atoms with Crippen LogP contribution in [-0.4, -0.2) is 39.7 Å². The van der Waals surface area contributed by atoms with Crippen LogP contribution in [0.25, 0.3) is 0 Å². The third-order valence-electron chi connectivity index (χ3n) is 2.93. The molecule has 0 atom stereocenters. The minimum Gasteiger partial charge on any atom is -0.377 e. The molecule has 0 aromatic carbocycles. The van der Waals surface area contributed by atoms with Gasteiger partial charge >= 0.3 is 8.80 Å². The number of imidazole rings is 1. The van der Waals surface area contributed by atoms with Gasteiger partial charge in [-0.25, -0.2) is 4.98 Å². The van der Waals surface area contributed by atoms with Gasteiger partial charge in [0.1, 0.15) is 5.82 Å². The topological polar surface area (TPSA) is 45.5 Å². The van der Waals surface area contributed by atoms with Gasteiger partial charge in [-0.1, -0.05) is 6.92 Å². The lowest BCUT2D eigenvalue weighted by Gasteiger charge is -2.24. The predicted octanol–water partition coefficient (Wildman–Crippen LogP) is 1.71. The Kier molecular flexibility index (Phi) is 5.83. The Labute approximate surface area is 104 Å². The van der Waals surface area contributed by atoms with Gasteiger partial charge < -0.3 is 17.8 Å². The molecule has 6 heteroatoms. The molecular weight excluding hydrogens is 236 g/mol. The SMILES string of the molecule is CCc1nccn1CCC[Si](OC)(OC)OC. The van der Waals surface area contributed by atoms with Gasteiger partial charge in [0.25, 0.3) is 0 Å². The standard InChI is InChI=1S/C11H22N2O3Si/c1-5-11-12-7-9-13(11)8-6-10-17(14-2,15-3)16-4/h7,9H,5-6,8,10H2,1-4H3. The van der Waals surface area contributed by atoms with Crippen LogP contribution in [0.3, 0.4) is 0 Å². The highest BCUT2D eigenvalue weighted by molar-refractivity contribution is 6.60. The third kappa shape index (κ3) is 3.63. The van der Waals surface area contributed by atoms with E-state index < -0.39 is 8.80 Å². The zero-order valence-corrected chi connectivity index (χ0v) is 12.1. The summed E-state index contributed by atoms with van der Waals surface area (Å²) in [4.78, 5) is 4.29. The van der Waals surface area contributed by atoms with E-state index in [-0.39, 0.29) is 0 Å². The van der Waals surface area contributed by atoms with Gasteiger partial charge in [0, 0.05) is 52.7 Å². The van der Waals surface area contributed by atoms with Crippen LogP contribution in [0, 0.1) is 0 Å². The van der Waals surface area contributed by atoms with Crippen LogP contribution in [0.4, 0.5) is 0 Å². The third-order valence-corrected chi connectivity index (χ3v) is 5.76. The van der Waals surface area contributed by atoms with Gasteiger partial charge in [-0.3, -0.25) is 0 Å². The first-order chi connectivity index (χ1) is 8.21. The molecule has 0 saturated heterocycles. The Morgan fingerprint density at radius 3 is 2.41 bits per heavy atom. The van der Waals surface area contributed by atoms with Crippen LogP contribution < -0.4 is 0 Å². The quantitative estimate of drug-likeness (QED) is 0.666. The van der Waals surface area contributed by atoms with Crippen LogP contribution in [0.1, 0.15) is 19.2 Å². The van der Waals surface area contributed by atoms with E-state index in [0.29, 0.717) is 0 Å². The van der Waals surface area contributed by atoms with Crippen molar-refractivity contribution >= 4 is 8.80 Å². The second-order valence-corrected chi connectivity index (χ2v) is 6.88. The van der Waals surface area contributed by atoms with E-state index in [2.05, 4.69) is 16.5 Å². The number of nitrogens with zero attached hydrogens (tertiary/aromatic N) is 2. The lowest BCUT2D eigenvalue weighted by Crippen LogP contribution is -2.42. The van der Waals surface area contributed by atoms with Crippen molar-refractivity contribution in [2.24, 2.45) is 0 Å². The van der Waals surface area contributed by atoms with Crippen LogP contribution >= 0.6 is 0 Å². The Morgan fingerprint density at radius 2 is 1.88 bits per heavy atom. The molecule has 0 bridgehead atoms. The number of aryl methyl sites for hydroxylation is 2. The van der Waals surface area contributed by atoms with E-state index in [0.717, 1.165) is 31.3 Å². The van der Waals surface area contributed by atoms with E-state index in [4.69, 9.17) is 13.3 Å². The van der Waals surface area contributed by atoms with Crippen molar-refractivity contribution in [1.29, 1.82) is 0 Å². The van der Waals surface area contributed by atoms with Crippen LogP contribution in [0.5, 0.6) is 0 Å². The molecule has 98 valence electrons. The normalized spacial score (nSPS) is 12.0.